The number of nitro groups is 1. The van der Waals surface area contributed by atoms with E-state index in [9.17, 15) is 19.7 Å². The zero-order chi connectivity index (χ0) is 15.4. The maximum Gasteiger partial charge on any atom is 0.321 e. The Balaban J connectivity index is 1.87. The third kappa shape index (κ3) is 3.78. The molecule has 0 unspecified atom stereocenters. The summed E-state index contributed by atoms with van der Waals surface area (Å²) in [6.07, 6.45) is 0.0801. The summed E-state index contributed by atoms with van der Waals surface area (Å²) in [4.78, 5) is 38.7. The fraction of sp³-hybridized carbons (Fsp3) is 0.500. The van der Waals surface area contributed by atoms with E-state index in [0.29, 0.717) is 32.7 Å². The van der Waals surface area contributed by atoms with Crippen molar-refractivity contribution in [3.05, 3.63) is 27.9 Å². The van der Waals surface area contributed by atoms with Gasteiger partial charge in [0.15, 0.2) is 5.69 Å². The first-order valence-corrected chi connectivity index (χ1v) is 6.54. The Kier molecular flexibility index (Phi) is 4.53. The van der Waals surface area contributed by atoms with E-state index in [4.69, 9.17) is 5.11 Å². The second-order valence-corrected chi connectivity index (χ2v) is 4.79. The maximum atomic E-state index is 12.2. The molecule has 0 saturated carbocycles. The number of aromatic nitrogens is 1. The predicted molar refractivity (Wildman–Crippen MR) is 72.0 cm³/mol. The molecule has 0 radical (unpaired) electrons. The Labute approximate surface area is 120 Å². The number of rotatable bonds is 5. The lowest BCUT2D eigenvalue weighted by Gasteiger charge is -2.33. The molecule has 0 aliphatic carbocycles. The highest BCUT2D eigenvalue weighted by molar-refractivity contribution is 5.93. The molecule has 1 aliphatic heterocycles. The summed E-state index contributed by atoms with van der Waals surface area (Å²) in [6.45, 7) is 2.62. The van der Waals surface area contributed by atoms with Crippen molar-refractivity contribution >= 4 is 17.7 Å². The molecule has 1 amide bonds. The first-order valence-electron chi connectivity index (χ1n) is 6.54. The van der Waals surface area contributed by atoms with Gasteiger partial charge in [-0.15, -0.1) is 0 Å². The van der Waals surface area contributed by atoms with Crippen LogP contribution in [0, 0.1) is 10.1 Å². The van der Waals surface area contributed by atoms with Gasteiger partial charge in [-0.2, -0.15) is 0 Å². The number of piperazine rings is 1. The molecule has 0 atom stereocenters. The Hall–Kier alpha value is -2.42. The molecule has 0 aromatic carbocycles. The highest BCUT2D eigenvalue weighted by atomic mass is 16.6. The number of hydrogen-bond acceptors (Lipinski definition) is 5. The van der Waals surface area contributed by atoms with Crippen LogP contribution in [0.4, 0.5) is 5.82 Å². The van der Waals surface area contributed by atoms with Crippen LogP contribution in [0.3, 0.4) is 0 Å². The van der Waals surface area contributed by atoms with Crippen molar-refractivity contribution < 1.29 is 19.6 Å². The van der Waals surface area contributed by atoms with Crippen molar-refractivity contribution in [3.8, 4) is 0 Å². The third-order valence-electron chi connectivity index (χ3n) is 3.40. The quantitative estimate of drug-likeness (QED) is 0.589. The molecule has 1 aromatic heterocycles. The lowest BCUT2D eigenvalue weighted by molar-refractivity contribution is -0.389. The number of carbonyl (C=O) groups is 2. The van der Waals surface area contributed by atoms with E-state index < -0.39 is 10.9 Å². The molecule has 1 saturated heterocycles. The van der Waals surface area contributed by atoms with Gasteiger partial charge < -0.3 is 20.1 Å². The van der Waals surface area contributed by atoms with Crippen molar-refractivity contribution in [1.29, 1.82) is 0 Å². The Bertz CT molecular complexity index is 548. The van der Waals surface area contributed by atoms with Crippen molar-refractivity contribution in [1.82, 2.24) is 14.8 Å². The van der Waals surface area contributed by atoms with Crippen molar-refractivity contribution in [2.45, 2.75) is 6.42 Å². The van der Waals surface area contributed by atoms with E-state index in [1.54, 1.807) is 4.90 Å². The first-order chi connectivity index (χ1) is 9.97. The summed E-state index contributed by atoms with van der Waals surface area (Å²) in [5.41, 5.74) is 0.195. The van der Waals surface area contributed by atoms with Gasteiger partial charge in [-0.05, 0) is 11.0 Å². The normalized spacial score (nSPS) is 15.9. The molecule has 2 heterocycles. The maximum absolute atomic E-state index is 12.2. The highest BCUT2D eigenvalue weighted by Crippen LogP contribution is 2.13. The van der Waals surface area contributed by atoms with Crippen molar-refractivity contribution in [2.75, 3.05) is 32.7 Å². The lowest BCUT2D eigenvalue weighted by Crippen LogP contribution is -2.49. The SMILES string of the molecule is O=C(O)CCN1CCN(C(=O)c2ccc([N+](=O)[O-])[nH]2)CC1. The summed E-state index contributed by atoms with van der Waals surface area (Å²) < 4.78 is 0. The molecule has 21 heavy (non-hydrogen) atoms. The van der Waals surface area contributed by atoms with Gasteiger partial charge in [0.1, 0.15) is 0 Å². The number of amides is 1. The molecular weight excluding hydrogens is 280 g/mol. The minimum atomic E-state index is -0.841. The van der Waals surface area contributed by atoms with E-state index in [2.05, 4.69) is 4.98 Å². The van der Waals surface area contributed by atoms with Crippen LogP contribution in [0.25, 0.3) is 0 Å². The summed E-state index contributed by atoms with van der Waals surface area (Å²) in [5.74, 6) is -1.33. The molecule has 1 fully saturated rings. The number of hydrogen-bond donors (Lipinski definition) is 2. The summed E-state index contributed by atoms with van der Waals surface area (Å²) >= 11 is 0. The zero-order valence-corrected chi connectivity index (χ0v) is 11.3. The van der Waals surface area contributed by atoms with Gasteiger partial charge in [0.2, 0.25) is 0 Å². The fourth-order valence-corrected chi connectivity index (χ4v) is 2.21. The Morgan fingerprint density at radius 1 is 1.29 bits per heavy atom. The van der Waals surface area contributed by atoms with Gasteiger partial charge in [0.25, 0.3) is 5.91 Å². The minimum absolute atomic E-state index is 0.0801. The van der Waals surface area contributed by atoms with Crippen LogP contribution < -0.4 is 0 Å². The molecule has 9 nitrogen and oxygen atoms in total. The lowest BCUT2D eigenvalue weighted by atomic mass is 10.2. The molecular formula is C12H16N4O5. The largest absolute Gasteiger partial charge is 0.481 e. The molecule has 1 aromatic rings. The second kappa shape index (κ2) is 6.35. The molecule has 114 valence electrons. The Morgan fingerprint density at radius 2 is 1.95 bits per heavy atom. The minimum Gasteiger partial charge on any atom is -0.481 e. The van der Waals surface area contributed by atoms with E-state index >= 15 is 0 Å². The monoisotopic (exact) mass is 296 g/mol. The predicted octanol–water partition coefficient (Wildman–Crippen LogP) is 0.155. The molecule has 2 N–H and O–H groups in total. The molecule has 2 rings (SSSR count). The van der Waals surface area contributed by atoms with Crippen LogP contribution in [0.1, 0.15) is 16.9 Å². The summed E-state index contributed by atoms with van der Waals surface area (Å²) in [7, 11) is 0. The number of carboxylic acid groups (broad SMARTS) is 1. The van der Waals surface area contributed by atoms with Gasteiger partial charge in [-0.1, -0.05) is 0 Å². The van der Waals surface area contributed by atoms with E-state index in [-0.39, 0.29) is 23.8 Å². The van der Waals surface area contributed by atoms with Gasteiger partial charge in [0, 0.05) is 38.8 Å². The molecule has 9 heteroatoms. The number of aliphatic carboxylic acids is 1. The third-order valence-corrected chi connectivity index (χ3v) is 3.40. The highest BCUT2D eigenvalue weighted by Gasteiger charge is 2.25. The zero-order valence-electron chi connectivity index (χ0n) is 11.3. The molecule has 0 bridgehead atoms. The van der Waals surface area contributed by atoms with E-state index in [1.807, 2.05) is 4.90 Å². The average molecular weight is 296 g/mol. The number of carbonyl (C=O) groups excluding carboxylic acids is 1. The number of nitrogens with zero attached hydrogens (tertiary/aromatic N) is 3. The smallest absolute Gasteiger partial charge is 0.321 e. The van der Waals surface area contributed by atoms with Gasteiger partial charge in [0.05, 0.1) is 6.42 Å². The Morgan fingerprint density at radius 3 is 2.48 bits per heavy atom. The molecule has 0 spiro atoms. The van der Waals surface area contributed by atoms with Crippen LogP contribution in [0.15, 0.2) is 12.1 Å². The number of nitrogens with one attached hydrogen (secondary N) is 1. The second-order valence-electron chi connectivity index (χ2n) is 4.79. The van der Waals surface area contributed by atoms with Crippen LogP contribution >= 0.6 is 0 Å². The summed E-state index contributed by atoms with van der Waals surface area (Å²) in [6, 6.07) is 2.66. The first kappa shape index (κ1) is 15.0. The van der Waals surface area contributed by atoms with Crippen molar-refractivity contribution in [3.63, 3.8) is 0 Å². The molecule has 1 aliphatic rings. The van der Waals surface area contributed by atoms with Gasteiger partial charge in [-0.3, -0.25) is 14.5 Å². The topological polar surface area (TPSA) is 120 Å². The van der Waals surface area contributed by atoms with Gasteiger partial charge >= 0.3 is 11.8 Å². The van der Waals surface area contributed by atoms with Crippen LogP contribution in [-0.4, -0.2) is 69.4 Å². The number of carboxylic acids is 1. The van der Waals surface area contributed by atoms with Crippen LogP contribution in [0.5, 0.6) is 0 Å². The van der Waals surface area contributed by atoms with Gasteiger partial charge in [-0.25, -0.2) is 4.98 Å². The average Bonchev–Trinajstić information content (AvgIpc) is 2.95. The van der Waals surface area contributed by atoms with E-state index in [0.717, 1.165) is 0 Å². The standard InChI is InChI=1S/C12H16N4O5/c17-11(18)3-4-14-5-7-15(8-6-14)12(19)9-1-2-10(13-9)16(20)21/h1-2,13H,3-8H2,(H,17,18). The van der Waals surface area contributed by atoms with Crippen LogP contribution in [-0.2, 0) is 4.79 Å². The van der Waals surface area contributed by atoms with E-state index in [1.165, 1.54) is 12.1 Å². The van der Waals surface area contributed by atoms with Crippen molar-refractivity contribution in [2.24, 2.45) is 0 Å². The fourth-order valence-electron chi connectivity index (χ4n) is 2.21. The summed E-state index contributed by atoms with van der Waals surface area (Å²) in [5, 5.41) is 19.2. The number of H-pyrrole nitrogens is 1. The van der Waals surface area contributed by atoms with Crippen LogP contribution in [0.2, 0.25) is 0 Å². The number of aromatic amines is 1.